The van der Waals surface area contributed by atoms with E-state index in [1.165, 1.54) is 29.5 Å². The maximum atomic E-state index is 12.9. The van der Waals surface area contributed by atoms with E-state index < -0.39 is 17.6 Å². The summed E-state index contributed by atoms with van der Waals surface area (Å²) in [5.74, 6) is -0.539. The lowest BCUT2D eigenvalue weighted by Gasteiger charge is -2.15. The van der Waals surface area contributed by atoms with E-state index in [-0.39, 0.29) is 16.5 Å². The van der Waals surface area contributed by atoms with Crippen molar-refractivity contribution in [2.24, 2.45) is 0 Å². The minimum atomic E-state index is -4.51. The van der Waals surface area contributed by atoms with Gasteiger partial charge in [-0.3, -0.25) is 15.6 Å². The summed E-state index contributed by atoms with van der Waals surface area (Å²) in [6.45, 7) is 1.75. The van der Waals surface area contributed by atoms with Gasteiger partial charge in [0.1, 0.15) is 5.69 Å². The van der Waals surface area contributed by atoms with Crippen molar-refractivity contribution < 1.29 is 18.0 Å². The van der Waals surface area contributed by atoms with Crippen LogP contribution in [0.4, 0.5) is 18.9 Å². The molecule has 0 aliphatic rings. The van der Waals surface area contributed by atoms with Crippen LogP contribution in [0.15, 0.2) is 29.6 Å². The highest BCUT2D eigenvalue weighted by atomic mass is 32.1. The predicted molar refractivity (Wildman–Crippen MR) is 85.1 cm³/mol. The molecule has 5 nitrogen and oxygen atoms in total. The maximum absolute atomic E-state index is 12.9. The number of hydrazine groups is 1. The summed E-state index contributed by atoms with van der Waals surface area (Å²) < 4.78 is 38.6. The molecule has 0 radical (unpaired) electrons. The third-order valence-electron chi connectivity index (χ3n) is 2.62. The van der Waals surface area contributed by atoms with Crippen molar-refractivity contribution in [3.05, 3.63) is 45.9 Å². The number of thiazole rings is 1. The molecule has 0 fully saturated rings. The molecule has 2 rings (SSSR count). The van der Waals surface area contributed by atoms with Crippen molar-refractivity contribution in [2.75, 3.05) is 5.32 Å². The number of halogens is 3. The van der Waals surface area contributed by atoms with Gasteiger partial charge in [0, 0.05) is 5.38 Å². The van der Waals surface area contributed by atoms with E-state index in [1.807, 2.05) is 0 Å². The molecule has 1 heterocycles. The SMILES string of the molecule is Cc1nc(C(=O)NNC(=S)Nc2ccccc2C(F)(F)F)cs1. The Hall–Kier alpha value is -2.20. The molecule has 2 aromatic rings. The van der Waals surface area contributed by atoms with Crippen molar-refractivity contribution in [3.8, 4) is 0 Å². The summed E-state index contributed by atoms with van der Waals surface area (Å²) in [6.07, 6.45) is -4.51. The third kappa shape index (κ3) is 4.63. The smallest absolute Gasteiger partial charge is 0.331 e. The van der Waals surface area contributed by atoms with Crippen LogP contribution in [0.3, 0.4) is 0 Å². The highest BCUT2D eigenvalue weighted by Gasteiger charge is 2.33. The Morgan fingerprint density at radius 1 is 1.26 bits per heavy atom. The Balaban J connectivity index is 1.97. The molecule has 10 heteroatoms. The second-order valence-corrected chi connectivity index (χ2v) is 5.80. The average molecular weight is 360 g/mol. The number of rotatable bonds is 2. The second kappa shape index (κ2) is 6.92. The van der Waals surface area contributed by atoms with E-state index in [4.69, 9.17) is 12.2 Å². The Bertz CT molecular complexity index is 730. The largest absolute Gasteiger partial charge is 0.418 e. The molecule has 1 aromatic carbocycles. The molecule has 1 amide bonds. The van der Waals surface area contributed by atoms with Gasteiger partial charge in [-0.05, 0) is 31.3 Å². The molecule has 1 aromatic heterocycles. The summed E-state index contributed by atoms with van der Waals surface area (Å²) in [4.78, 5) is 15.7. The van der Waals surface area contributed by atoms with Crippen LogP contribution < -0.4 is 16.2 Å². The monoisotopic (exact) mass is 360 g/mol. The van der Waals surface area contributed by atoms with Crippen LogP contribution in [0, 0.1) is 6.92 Å². The third-order valence-corrected chi connectivity index (χ3v) is 3.60. The number of nitrogens with one attached hydrogen (secondary N) is 3. The first-order valence-corrected chi connectivity index (χ1v) is 7.52. The summed E-state index contributed by atoms with van der Waals surface area (Å²) in [6, 6.07) is 4.89. The number of benzene rings is 1. The molecule has 0 bridgehead atoms. The first-order chi connectivity index (χ1) is 10.8. The van der Waals surface area contributed by atoms with E-state index in [1.54, 1.807) is 12.3 Å². The lowest BCUT2D eigenvalue weighted by molar-refractivity contribution is -0.136. The number of amides is 1. The first kappa shape index (κ1) is 17.2. The number of hydrogen-bond acceptors (Lipinski definition) is 4. The Kier molecular flexibility index (Phi) is 5.16. The number of aryl methyl sites for hydroxylation is 1. The Morgan fingerprint density at radius 2 is 1.96 bits per heavy atom. The van der Waals surface area contributed by atoms with Gasteiger partial charge in [0.2, 0.25) is 0 Å². The summed E-state index contributed by atoms with van der Waals surface area (Å²) in [7, 11) is 0. The Morgan fingerprint density at radius 3 is 2.57 bits per heavy atom. The van der Waals surface area contributed by atoms with Gasteiger partial charge < -0.3 is 5.32 Å². The lowest BCUT2D eigenvalue weighted by atomic mass is 10.2. The molecule has 0 spiro atoms. The molecule has 23 heavy (non-hydrogen) atoms. The molecule has 0 saturated heterocycles. The quantitative estimate of drug-likeness (QED) is 0.567. The summed E-state index contributed by atoms with van der Waals surface area (Å²) >= 11 is 6.17. The number of aromatic nitrogens is 1. The van der Waals surface area contributed by atoms with Crippen LogP contribution in [0.2, 0.25) is 0 Å². The van der Waals surface area contributed by atoms with Gasteiger partial charge in [-0.25, -0.2) is 4.98 Å². The van der Waals surface area contributed by atoms with E-state index in [0.29, 0.717) is 0 Å². The van der Waals surface area contributed by atoms with E-state index in [0.717, 1.165) is 11.1 Å². The number of anilines is 1. The number of carbonyl (C=O) groups is 1. The zero-order chi connectivity index (χ0) is 17.0. The van der Waals surface area contributed by atoms with Crippen LogP contribution in [0.5, 0.6) is 0 Å². The van der Waals surface area contributed by atoms with E-state index in [9.17, 15) is 18.0 Å². The minimum absolute atomic E-state index is 0.179. The fourth-order valence-corrected chi connectivity index (χ4v) is 2.39. The van der Waals surface area contributed by atoms with Crippen molar-refractivity contribution in [1.29, 1.82) is 0 Å². The zero-order valence-electron chi connectivity index (χ0n) is 11.7. The van der Waals surface area contributed by atoms with Gasteiger partial charge >= 0.3 is 6.18 Å². The normalized spacial score (nSPS) is 11.0. The molecule has 122 valence electrons. The van der Waals surface area contributed by atoms with Gasteiger partial charge in [-0.15, -0.1) is 11.3 Å². The molecule has 0 aliphatic carbocycles. The number of hydrogen-bond donors (Lipinski definition) is 3. The second-order valence-electron chi connectivity index (χ2n) is 4.33. The van der Waals surface area contributed by atoms with Crippen molar-refractivity contribution in [3.63, 3.8) is 0 Å². The number of nitrogens with zero attached hydrogens (tertiary/aromatic N) is 1. The lowest BCUT2D eigenvalue weighted by Crippen LogP contribution is -2.44. The number of alkyl halides is 3. The fraction of sp³-hybridized carbons (Fsp3) is 0.154. The number of thiocarbonyl (C=S) groups is 1. The molecular formula is C13H11F3N4OS2. The van der Waals surface area contributed by atoms with Crippen LogP contribution in [-0.4, -0.2) is 16.0 Å². The van der Waals surface area contributed by atoms with Crippen LogP contribution in [-0.2, 0) is 6.18 Å². The van der Waals surface area contributed by atoms with E-state index >= 15 is 0 Å². The van der Waals surface area contributed by atoms with Gasteiger partial charge in [0.15, 0.2) is 5.11 Å². The zero-order valence-corrected chi connectivity index (χ0v) is 13.3. The molecule has 0 atom stereocenters. The van der Waals surface area contributed by atoms with Gasteiger partial charge in [0.25, 0.3) is 5.91 Å². The van der Waals surface area contributed by atoms with Gasteiger partial charge in [-0.1, -0.05) is 12.1 Å². The molecule has 0 aliphatic heterocycles. The topological polar surface area (TPSA) is 66.0 Å². The van der Waals surface area contributed by atoms with Crippen molar-refractivity contribution >= 4 is 40.3 Å². The van der Waals surface area contributed by atoms with Crippen LogP contribution in [0.25, 0.3) is 0 Å². The van der Waals surface area contributed by atoms with Crippen LogP contribution >= 0.6 is 23.6 Å². The van der Waals surface area contributed by atoms with Crippen molar-refractivity contribution in [1.82, 2.24) is 15.8 Å². The van der Waals surface area contributed by atoms with Crippen molar-refractivity contribution in [2.45, 2.75) is 13.1 Å². The molecule has 0 unspecified atom stereocenters. The van der Waals surface area contributed by atoms with Gasteiger partial charge in [-0.2, -0.15) is 13.2 Å². The molecule has 0 saturated carbocycles. The number of carbonyl (C=O) groups excluding carboxylic acids is 1. The van der Waals surface area contributed by atoms with E-state index in [2.05, 4.69) is 21.2 Å². The van der Waals surface area contributed by atoms with Crippen LogP contribution in [0.1, 0.15) is 21.1 Å². The number of para-hydroxylation sites is 1. The standard InChI is InChI=1S/C13H11F3N4OS2/c1-7-17-10(6-23-7)11(21)19-20-12(22)18-9-5-3-2-4-8(9)13(14,15)16/h2-6H,1H3,(H,19,21)(H2,18,20,22). The molecular weight excluding hydrogens is 349 g/mol. The highest BCUT2D eigenvalue weighted by Crippen LogP contribution is 2.34. The summed E-state index contributed by atoms with van der Waals surface area (Å²) in [5.41, 5.74) is 3.72. The predicted octanol–water partition coefficient (Wildman–Crippen LogP) is 3.10. The Labute approximate surface area is 138 Å². The maximum Gasteiger partial charge on any atom is 0.418 e. The summed E-state index contributed by atoms with van der Waals surface area (Å²) in [5, 5.41) is 4.49. The first-order valence-electron chi connectivity index (χ1n) is 6.23. The fourth-order valence-electron chi connectivity index (χ4n) is 1.64. The average Bonchev–Trinajstić information content (AvgIpc) is 2.91. The van der Waals surface area contributed by atoms with Gasteiger partial charge in [0.05, 0.1) is 16.3 Å². The minimum Gasteiger partial charge on any atom is -0.331 e. The highest BCUT2D eigenvalue weighted by molar-refractivity contribution is 7.80. The molecule has 3 N–H and O–H groups in total.